The average Bonchev–Trinajstić information content (AvgIpc) is 2.85. The minimum atomic E-state index is -0.581. The standard InChI is InChI=1S/C27H24N2O3.ClH/c30-26(23-19-22-13-7-8-14-24(22)32-27(23)31)29-17-15-28(16-18-29)25(20-9-3-1-4-10-20)21-11-5-2-6-12-21;/h1-14,19,25H,15-18H2;1H. The summed E-state index contributed by atoms with van der Waals surface area (Å²) in [6, 6.07) is 29.9. The number of benzene rings is 3. The first-order valence-corrected chi connectivity index (χ1v) is 10.9. The molecule has 1 aromatic heterocycles. The maximum absolute atomic E-state index is 13.1. The molecule has 3 aromatic carbocycles. The van der Waals surface area contributed by atoms with Gasteiger partial charge in [0.2, 0.25) is 0 Å². The molecule has 0 aliphatic carbocycles. The van der Waals surface area contributed by atoms with E-state index in [9.17, 15) is 9.59 Å². The van der Waals surface area contributed by atoms with E-state index in [0.29, 0.717) is 18.7 Å². The Hall–Kier alpha value is -3.41. The van der Waals surface area contributed by atoms with Gasteiger partial charge in [0.1, 0.15) is 11.1 Å². The number of halogens is 1. The zero-order valence-corrected chi connectivity index (χ0v) is 18.9. The van der Waals surface area contributed by atoms with E-state index in [0.717, 1.165) is 18.5 Å². The van der Waals surface area contributed by atoms with Crippen LogP contribution >= 0.6 is 12.4 Å². The van der Waals surface area contributed by atoms with Crippen LogP contribution in [0.3, 0.4) is 0 Å². The molecule has 1 aliphatic rings. The highest BCUT2D eigenvalue weighted by molar-refractivity contribution is 5.96. The van der Waals surface area contributed by atoms with Crippen molar-refractivity contribution < 1.29 is 9.21 Å². The van der Waals surface area contributed by atoms with Gasteiger partial charge in [0, 0.05) is 31.6 Å². The molecule has 1 aliphatic heterocycles. The largest absolute Gasteiger partial charge is 0.422 e. The van der Waals surface area contributed by atoms with Gasteiger partial charge in [0.15, 0.2) is 0 Å². The van der Waals surface area contributed by atoms with Crippen LogP contribution in [0.2, 0.25) is 0 Å². The summed E-state index contributed by atoms with van der Waals surface area (Å²) >= 11 is 0. The van der Waals surface area contributed by atoms with Gasteiger partial charge in [-0.3, -0.25) is 9.69 Å². The molecule has 33 heavy (non-hydrogen) atoms. The van der Waals surface area contributed by atoms with Gasteiger partial charge >= 0.3 is 5.63 Å². The summed E-state index contributed by atoms with van der Waals surface area (Å²) in [5.74, 6) is -0.264. The van der Waals surface area contributed by atoms with Crippen LogP contribution in [0.5, 0.6) is 0 Å². The summed E-state index contributed by atoms with van der Waals surface area (Å²) in [5.41, 5.74) is 2.47. The maximum Gasteiger partial charge on any atom is 0.349 e. The van der Waals surface area contributed by atoms with Crippen molar-refractivity contribution in [1.82, 2.24) is 9.80 Å². The minimum absolute atomic E-state index is 0. The fourth-order valence-corrected chi connectivity index (χ4v) is 4.45. The molecule has 6 heteroatoms. The van der Waals surface area contributed by atoms with Crippen molar-refractivity contribution in [2.45, 2.75) is 6.04 Å². The van der Waals surface area contributed by atoms with Crippen LogP contribution in [-0.4, -0.2) is 41.9 Å². The second-order valence-corrected chi connectivity index (χ2v) is 8.04. The molecule has 1 saturated heterocycles. The Kier molecular flexibility index (Phi) is 6.92. The number of nitrogens with zero attached hydrogens (tertiary/aromatic N) is 2. The number of para-hydroxylation sites is 1. The van der Waals surface area contributed by atoms with Crippen LogP contribution in [0.1, 0.15) is 27.5 Å². The topological polar surface area (TPSA) is 53.8 Å². The summed E-state index contributed by atoms with van der Waals surface area (Å²) in [6.07, 6.45) is 0. The number of piperazine rings is 1. The summed E-state index contributed by atoms with van der Waals surface area (Å²) in [7, 11) is 0. The third kappa shape index (κ3) is 4.70. The van der Waals surface area contributed by atoms with Crippen molar-refractivity contribution >= 4 is 29.3 Å². The Labute approximate surface area is 198 Å². The molecule has 0 atom stereocenters. The zero-order chi connectivity index (χ0) is 21.9. The Morgan fingerprint density at radius 2 is 1.30 bits per heavy atom. The van der Waals surface area contributed by atoms with E-state index in [-0.39, 0.29) is 29.9 Å². The molecular formula is C27H25ClN2O3. The van der Waals surface area contributed by atoms with Crippen molar-refractivity contribution in [2.24, 2.45) is 0 Å². The second kappa shape index (κ2) is 10.0. The molecule has 0 N–H and O–H groups in total. The van der Waals surface area contributed by atoms with Crippen LogP contribution in [-0.2, 0) is 0 Å². The summed E-state index contributed by atoms with van der Waals surface area (Å²) < 4.78 is 5.37. The number of carbonyl (C=O) groups is 1. The first-order chi connectivity index (χ1) is 15.7. The molecule has 0 spiro atoms. The lowest BCUT2D eigenvalue weighted by atomic mass is 9.96. The summed E-state index contributed by atoms with van der Waals surface area (Å²) in [6.45, 7) is 2.56. The fraction of sp³-hybridized carbons (Fsp3) is 0.185. The molecule has 4 aromatic rings. The second-order valence-electron chi connectivity index (χ2n) is 8.04. The normalized spacial score (nSPS) is 14.3. The third-order valence-electron chi connectivity index (χ3n) is 6.07. The van der Waals surface area contributed by atoms with E-state index < -0.39 is 5.63 Å². The lowest BCUT2D eigenvalue weighted by molar-refractivity contribution is 0.0593. The van der Waals surface area contributed by atoms with E-state index in [1.54, 1.807) is 17.0 Å². The Balaban J connectivity index is 0.00000259. The van der Waals surface area contributed by atoms with Crippen LogP contribution in [0.4, 0.5) is 0 Å². The Morgan fingerprint density at radius 1 is 0.758 bits per heavy atom. The number of rotatable bonds is 4. The minimum Gasteiger partial charge on any atom is -0.422 e. The predicted molar refractivity (Wildman–Crippen MR) is 132 cm³/mol. The van der Waals surface area contributed by atoms with Crippen LogP contribution in [0.15, 0.2) is 100 Å². The molecule has 168 valence electrons. The van der Waals surface area contributed by atoms with E-state index in [2.05, 4.69) is 53.4 Å². The summed E-state index contributed by atoms with van der Waals surface area (Å²) in [5, 5.41) is 0.752. The molecule has 0 radical (unpaired) electrons. The SMILES string of the molecule is Cl.O=C(c1cc2ccccc2oc1=O)N1CCN(C(c2ccccc2)c2ccccc2)CC1. The highest BCUT2D eigenvalue weighted by atomic mass is 35.5. The highest BCUT2D eigenvalue weighted by Crippen LogP contribution is 2.29. The molecule has 0 saturated carbocycles. The molecule has 0 bridgehead atoms. The first kappa shape index (κ1) is 22.8. The number of hydrogen-bond acceptors (Lipinski definition) is 4. The van der Waals surface area contributed by atoms with E-state index in [4.69, 9.17) is 4.42 Å². The van der Waals surface area contributed by atoms with Gasteiger partial charge in [-0.25, -0.2) is 4.79 Å². The van der Waals surface area contributed by atoms with Crippen LogP contribution in [0, 0.1) is 0 Å². The number of fused-ring (bicyclic) bond motifs is 1. The van der Waals surface area contributed by atoms with E-state index in [1.165, 1.54) is 11.1 Å². The van der Waals surface area contributed by atoms with Crippen molar-refractivity contribution in [1.29, 1.82) is 0 Å². The quantitative estimate of drug-likeness (QED) is 0.412. The molecule has 5 rings (SSSR count). The van der Waals surface area contributed by atoms with Gasteiger partial charge in [-0.2, -0.15) is 0 Å². The van der Waals surface area contributed by atoms with E-state index >= 15 is 0 Å². The molecule has 5 nitrogen and oxygen atoms in total. The van der Waals surface area contributed by atoms with Crippen LogP contribution in [0.25, 0.3) is 11.0 Å². The molecule has 0 unspecified atom stereocenters. The number of hydrogen-bond donors (Lipinski definition) is 0. The van der Waals surface area contributed by atoms with E-state index in [1.807, 2.05) is 30.3 Å². The number of carbonyl (C=O) groups excluding carboxylic acids is 1. The van der Waals surface area contributed by atoms with Crippen molar-refractivity contribution in [3.05, 3.63) is 118 Å². The van der Waals surface area contributed by atoms with Gasteiger partial charge in [-0.1, -0.05) is 78.9 Å². The molecule has 1 fully saturated rings. The lowest BCUT2D eigenvalue weighted by Crippen LogP contribution is -2.50. The van der Waals surface area contributed by atoms with Crippen molar-refractivity contribution in [3.63, 3.8) is 0 Å². The third-order valence-corrected chi connectivity index (χ3v) is 6.07. The highest BCUT2D eigenvalue weighted by Gasteiger charge is 2.29. The monoisotopic (exact) mass is 460 g/mol. The van der Waals surface area contributed by atoms with Crippen molar-refractivity contribution in [3.8, 4) is 0 Å². The summed E-state index contributed by atoms with van der Waals surface area (Å²) in [4.78, 5) is 29.7. The number of amides is 1. The Morgan fingerprint density at radius 3 is 1.91 bits per heavy atom. The Bertz CT molecular complexity index is 1240. The van der Waals surface area contributed by atoms with Gasteiger partial charge in [-0.15, -0.1) is 12.4 Å². The smallest absolute Gasteiger partial charge is 0.349 e. The molecule has 1 amide bonds. The average molecular weight is 461 g/mol. The predicted octanol–water partition coefficient (Wildman–Crippen LogP) is 4.76. The van der Waals surface area contributed by atoms with Gasteiger partial charge in [-0.05, 0) is 23.3 Å². The van der Waals surface area contributed by atoms with Gasteiger partial charge in [0.25, 0.3) is 5.91 Å². The van der Waals surface area contributed by atoms with Crippen molar-refractivity contribution in [2.75, 3.05) is 26.2 Å². The first-order valence-electron chi connectivity index (χ1n) is 10.9. The van der Waals surface area contributed by atoms with Gasteiger partial charge < -0.3 is 9.32 Å². The molecular weight excluding hydrogens is 436 g/mol. The van der Waals surface area contributed by atoms with Gasteiger partial charge in [0.05, 0.1) is 6.04 Å². The molecule has 2 heterocycles. The van der Waals surface area contributed by atoms with Crippen LogP contribution < -0.4 is 5.63 Å². The maximum atomic E-state index is 13.1. The fourth-order valence-electron chi connectivity index (χ4n) is 4.45. The zero-order valence-electron chi connectivity index (χ0n) is 18.1. The lowest BCUT2D eigenvalue weighted by Gasteiger charge is -2.39.